The van der Waals surface area contributed by atoms with Crippen molar-refractivity contribution in [3.8, 4) is 0 Å². The molecule has 1 fully saturated rings. The number of halogens is 2. The molecule has 1 atom stereocenters. The molecule has 2 heterocycles. The molecular weight excluding hydrogens is 377 g/mol. The number of methoxy groups -OCH3 is 1. The van der Waals surface area contributed by atoms with Crippen molar-refractivity contribution in [1.29, 1.82) is 0 Å². The highest BCUT2D eigenvalue weighted by atomic mass is 35.5. The Labute approximate surface area is 169 Å². The number of nitrogens with zero attached hydrogens (tertiary/aromatic N) is 3. The molecule has 1 aromatic heterocycles. The molecule has 0 saturated carbocycles. The highest BCUT2D eigenvalue weighted by molar-refractivity contribution is 5.85. The lowest BCUT2D eigenvalue weighted by Gasteiger charge is -2.42. The van der Waals surface area contributed by atoms with Gasteiger partial charge in [0.2, 0.25) is 5.91 Å². The fourth-order valence-corrected chi connectivity index (χ4v) is 3.25. The summed E-state index contributed by atoms with van der Waals surface area (Å²) in [5, 5.41) is 10.3. The summed E-state index contributed by atoms with van der Waals surface area (Å²) < 4.78 is 7.14. The van der Waals surface area contributed by atoms with E-state index in [9.17, 15) is 4.79 Å². The molecule has 1 saturated heterocycles. The van der Waals surface area contributed by atoms with Gasteiger partial charge in [-0.15, -0.1) is 24.8 Å². The van der Waals surface area contributed by atoms with Crippen LogP contribution in [0.4, 0.5) is 0 Å². The number of carbonyl (C=O) groups excluding carboxylic acids is 1. The summed E-state index contributed by atoms with van der Waals surface area (Å²) in [5.74, 6) is -0.0228. The number of ether oxygens (including phenoxy) is 1. The van der Waals surface area contributed by atoms with E-state index < -0.39 is 0 Å². The number of hydrogen-bond acceptors (Lipinski definition) is 5. The lowest BCUT2D eigenvalue weighted by molar-refractivity contribution is -0.123. The molecule has 7 nitrogen and oxygen atoms in total. The molecule has 1 aromatic rings. The van der Waals surface area contributed by atoms with Crippen LogP contribution < -0.4 is 10.6 Å². The maximum atomic E-state index is 12.6. The molecule has 0 aliphatic carbocycles. The van der Waals surface area contributed by atoms with Gasteiger partial charge in [0.1, 0.15) is 6.04 Å². The van der Waals surface area contributed by atoms with Crippen LogP contribution >= 0.6 is 24.8 Å². The molecule has 2 rings (SSSR count). The molecule has 152 valence electrons. The number of amides is 1. The van der Waals surface area contributed by atoms with Crippen LogP contribution in [0.2, 0.25) is 0 Å². The number of likely N-dealkylation sites (tertiary alicyclic amines) is 1. The Balaban J connectivity index is 0.00000312. The van der Waals surface area contributed by atoms with Crippen molar-refractivity contribution in [2.75, 3.05) is 33.8 Å². The Morgan fingerprint density at radius 1 is 1.38 bits per heavy atom. The largest absolute Gasteiger partial charge is 0.381 e. The lowest BCUT2D eigenvalue weighted by Crippen LogP contribution is -2.55. The quantitative estimate of drug-likeness (QED) is 0.714. The average Bonchev–Trinajstić information content (AvgIpc) is 3.00. The van der Waals surface area contributed by atoms with Crippen molar-refractivity contribution in [2.24, 2.45) is 7.05 Å². The summed E-state index contributed by atoms with van der Waals surface area (Å²) in [6, 6.07) is -0.381. The highest BCUT2D eigenvalue weighted by Gasteiger charge is 2.32. The number of hydrogen-bond donors (Lipinski definition) is 2. The molecule has 0 aromatic carbocycles. The number of carbonyl (C=O) groups is 1. The fourth-order valence-electron chi connectivity index (χ4n) is 3.25. The Bertz CT molecular complexity index is 545. The van der Waals surface area contributed by atoms with Crippen LogP contribution in [-0.4, -0.2) is 66.0 Å². The van der Waals surface area contributed by atoms with E-state index in [0.29, 0.717) is 12.6 Å². The first-order chi connectivity index (χ1) is 11.4. The Morgan fingerprint density at radius 2 is 2.00 bits per heavy atom. The molecule has 1 amide bonds. The molecule has 0 radical (unpaired) electrons. The minimum Gasteiger partial charge on any atom is -0.381 e. The van der Waals surface area contributed by atoms with Gasteiger partial charge in [-0.1, -0.05) is 0 Å². The summed E-state index contributed by atoms with van der Waals surface area (Å²) in [5.41, 5.74) is 0.790. The molecule has 1 aliphatic heterocycles. The Hall–Kier alpha value is -0.860. The van der Waals surface area contributed by atoms with E-state index in [4.69, 9.17) is 4.74 Å². The van der Waals surface area contributed by atoms with Gasteiger partial charge in [-0.3, -0.25) is 14.4 Å². The second kappa shape index (κ2) is 11.1. The van der Waals surface area contributed by atoms with Crippen molar-refractivity contribution in [3.63, 3.8) is 0 Å². The number of piperidine rings is 1. The maximum absolute atomic E-state index is 12.6. The number of nitrogens with one attached hydrogen (secondary N) is 2. The summed E-state index contributed by atoms with van der Waals surface area (Å²) in [6.45, 7) is 6.97. The van der Waals surface area contributed by atoms with Gasteiger partial charge < -0.3 is 15.4 Å². The van der Waals surface area contributed by atoms with E-state index in [0.717, 1.165) is 31.5 Å². The average molecular weight is 410 g/mol. The standard InChI is InChI=1S/C17H31N5O2.2ClH/c1-17(2,22-8-6-14(24-5)7-9-22)12-19-16(23)15(18-3)13-10-20-21(4)11-13;;/h10-11,14-15,18H,6-9,12H2,1-5H3,(H,19,23);2*1H. The second-order valence-corrected chi connectivity index (χ2v) is 7.12. The zero-order valence-electron chi connectivity index (χ0n) is 16.3. The molecular formula is C17H33Cl2N5O2. The van der Waals surface area contributed by atoms with Gasteiger partial charge in [0.05, 0.1) is 12.3 Å². The summed E-state index contributed by atoms with van der Waals surface area (Å²) >= 11 is 0. The van der Waals surface area contributed by atoms with Gasteiger partial charge in [0, 0.05) is 51.1 Å². The van der Waals surface area contributed by atoms with Gasteiger partial charge in [-0.2, -0.15) is 5.10 Å². The van der Waals surface area contributed by atoms with E-state index in [1.165, 1.54) is 0 Å². The van der Waals surface area contributed by atoms with Crippen molar-refractivity contribution >= 4 is 30.7 Å². The molecule has 26 heavy (non-hydrogen) atoms. The van der Waals surface area contributed by atoms with Crippen LogP contribution in [0.5, 0.6) is 0 Å². The van der Waals surface area contributed by atoms with Crippen LogP contribution in [0.3, 0.4) is 0 Å². The van der Waals surface area contributed by atoms with E-state index in [2.05, 4.69) is 34.5 Å². The molecule has 2 N–H and O–H groups in total. The number of likely N-dealkylation sites (N-methyl/N-ethyl adjacent to an activating group) is 1. The van der Waals surface area contributed by atoms with Gasteiger partial charge >= 0.3 is 0 Å². The Kier molecular flexibility index (Phi) is 10.7. The van der Waals surface area contributed by atoms with E-state index in [1.54, 1.807) is 25.0 Å². The normalized spacial score (nSPS) is 17.1. The van der Waals surface area contributed by atoms with Gasteiger partial charge in [-0.25, -0.2) is 0 Å². The van der Waals surface area contributed by atoms with E-state index in [1.807, 2.05) is 13.2 Å². The first-order valence-electron chi connectivity index (χ1n) is 8.58. The third-order valence-electron chi connectivity index (χ3n) is 4.94. The second-order valence-electron chi connectivity index (χ2n) is 7.12. The van der Waals surface area contributed by atoms with Crippen LogP contribution in [0.1, 0.15) is 38.3 Å². The fraction of sp³-hybridized carbons (Fsp3) is 0.765. The minimum atomic E-state index is -0.381. The first kappa shape index (κ1) is 25.1. The molecule has 9 heteroatoms. The first-order valence-corrected chi connectivity index (χ1v) is 8.58. The van der Waals surface area contributed by atoms with Crippen molar-refractivity contribution in [2.45, 2.75) is 44.4 Å². The highest BCUT2D eigenvalue weighted by Crippen LogP contribution is 2.22. The zero-order valence-corrected chi connectivity index (χ0v) is 18.0. The molecule has 1 aliphatic rings. The van der Waals surface area contributed by atoms with Crippen molar-refractivity contribution < 1.29 is 9.53 Å². The third kappa shape index (κ3) is 6.39. The van der Waals surface area contributed by atoms with Crippen molar-refractivity contribution in [1.82, 2.24) is 25.3 Å². The van der Waals surface area contributed by atoms with E-state index >= 15 is 0 Å². The van der Waals surface area contributed by atoms with Crippen molar-refractivity contribution in [3.05, 3.63) is 18.0 Å². The molecule has 1 unspecified atom stereocenters. The lowest BCUT2D eigenvalue weighted by atomic mass is 9.97. The SMILES string of the molecule is CNC(C(=O)NCC(C)(C)N1CCC(OC)CC1)c1cnn(C)c1.Cl.Cl. The van der Waals surface area contributed by atoms with Crippen LogP contribution in [0.15, 0.2) is 12.4 Å². The molecule has 0 bridgehead atoms. The zero-order chi connectivity index (χ0) is 17.7. The number of rotatable bonds is 7. The monoisotopic (exact) mass is 409 g/mol. The smallest absolute Gasteiger partial charge is 0.241 e. The van der Waals surface area contributed by atoms with Gasteiger partial charge in [-0.05, 0) is 33.7 Å². The molecule has 0 spiro atoms. The van der Waals surface area contributed by atoms with Crippen LogP contribution in [-0.2, 0) is 16.6 Å². The Morgan fingerprint density at radius 3 is 2.46 bits per heavy atom. The van der Waals surface area contributed by atoms with E-state index in [-0.39, 0.29) is 42.3 Å². The maximum Gasteiger partial charge on any atom is 0.241 e. The predicted octanol–water partition coefficient (Wildman–Crippen LogP) is 1.53. The summed E-state index contributed by atoms with van der Waals surface area (Å²) in [7, 11) is 5.42. The minimum absolute atomic E-state index is 0. The van der Waals surface area contributed by atoms with Gasteiger partial charge in [0.15, 0.2) is 0 Å². The third-order valence-corrected chi connectivity index (χ3v) is 4.94. The summed E-state index contributed by atoms with van der Waals surface area (Å²) in [4.78, 5) is 15.0. The predicted molar refractivity (Wildman–Crippen MR) is 108 cm³/mol. The number of aryl methyl sites for hydroxylation is 1. The number of aromatic nitrogens is 2. The van der Waals surface area contributed by atoms with Gasteiger partial charge in [0.25, 0.3) is 0 Å². The van der Waals surface area contributed by atoms with Crippen LogP contribution in [0, 0.1) is 0 Å². The summed E-state index contributed by atoms with van der Waals surface area (Å²) in [6.07, 6.45) is 6.04. The van der Waals surface area contributed by atoms with Crippen LogP contribution in [0.25, 0.3) is 0 Å². The topological polar surface area (TPSA) is 71.4 Å².